The van der Waals surface area contributed by atoms with Crippen molar-refractivity contribution in [1.82, 2.24) is 19.6 Å². The molecule has 0 atom stereocenters. The molecular formula is C25H26FN5O2. The molecule has 0 aliphatic carbocycles. The Balaban J connectivity index is 1.21. The first kappa shape index (κ1) is 22.4. The highest BCUT2D eigenvalue weighted by atomic mass is 19.1. The third-order valence-corrected chi connectivity index (χ3v) is 5.44. The largest absolute Gasteiger partial charge is 0.337 e. The predicted molar refractivity (Wildman–Crippen MR) is 125 cm³/mol. The molecule has 0 unspecified atom stereocenters. The number of nitrogens with one attached hydrogen (secondary N) is 1. The molecule has 1 saturated heterocycles. The number of halogens is 1. The molecule has 1 fully saturated rings. The molecule has 0 saturated carbocycles. The normalized spacial score (nSPS) is 14.5. The van der Waals surface area contributed by atoms with E-state index in [4.69, 9.17) is 0 Å². The fourth-order valence-electron chi connectivity index (χ4n) is 3.66. The highest BCUT2D eigenvalue weighted by Gasteiger charge is 2.21. The van der Waals surface area contributed by atoms with Gasteiger partial charge in [0.25, 0.3) is 0 Å². The van der Waals surface area contributed by atoms with E-state index in [0.29, 0.717) is 38.4 Å². The average Bonchev–Trinajstić information content (AvgIpc) is 3.27. The number of amides is 2. The summed E-state index contributed by atoms with van der Waals surface area (Å²) in [5.41, 5.74) is 2.60. The van der Waals surface area contributed by atoms with Crippen LogP contribution in [-0.4, -0.2) is 64.1 Å². The molecule has 3 aromatic rings. The number of aromatic nitrogens is 2. The summed E-state index contributed by atoms with van der Waals surface area (Å²) in [6, 6.07) is 15.7. The van der Waals surface area contributed by atoms with Crippen molar-refractivity contribution in [2.75, 3.05) is 38.0 Å². The maximum absolute atomic E-state index is 13.0. The standard InChI is InChI=1S/C25H26FN5O2/c26-22-7-9-23(10-8-22)28-24(32)19-29-12-14-30(15-13-29)25(33)11-6-21-16-27-31(18-21)17-20-4-2-1-3-5-20/h1-11,16,18H,12-15,17,19H2,(H,28,32). The molecule has 1 N–H and O–H groups in total. The van der Waals surface area contributed by atoms with Crippen LogP contribution in [0.3, 0.4) is 0 Å². The molecule has 2 aromatic carbocycles. The van der Waals surface area contributed by atoms with Crippen LogP contribution in [0.2, 0.25) is 0 Å². The fraction of sp³-hybridized carbons (Fsp3) is 0.240. The number of nitrogens with zero attached hydrogens (tertiary/aromatic N) is 4. The number of benzene rings is 2. The Morgan fingerprint density at radius 3 is 2.45 bits per heavy atom. The smallest absolute Gasteiger partial charge is 0.246 e. The van der Waals surface area contributed by atoms with Crippen LogP contribution in [0.5, 0.6) is 0 Å². The van der Waals surface area contributed by atoms with Crippen molar-refractivity contribution in [3.63, 3.8) is 0 Å². The first-order valence-electron chi connectivity index (χ1n) is 10.9. The molecule has 4 rings (SSSR count). The van der Waals surface area contributed by atoms with Crippen LogP contribution in [0.25, 0.3) is 6.08 Å². The van der Waals surface area contributed by atoms with Gasteiger partial charge in [-0.25, -0.2) is 4.39 Å². The van der Waals surface area contributed by atoms with Crippen LogP contribution in [0.15, 0.2) is 73.1 Å². The van der Waals surface area contributed by atoms with Crippen molar-refractivity contribution >= 4 is 23.6 Å². The lowest BCUT2D eigenvalue weighted by molar-refractivity contribution is -0.127. The number of rotatable bonds is 7. The lowest BCUT2D eigenvalue weighted by Gasteiger charge is -2.33. The van der Waals surface area contributed by atoms with E-state index < -0.39 is 0 Å². The summed E-state index contributed by atoms with van der Waals surface area (Å²) in [6.07, 6.45) is 7.00. The average molecular weight is 448 g/mol. The molecule has 170 valence electrons. The maximum Gasteiger partial charge on any atom is 0.246 e. The first-order chi connectivity index (χ1) is 16.0. The van der Waals surface area contributed by atoms with E-state index >= 15 is 0 Å². The zero-order valence-corrected chi connectivity index (χ0v) is 18.2. The van der Waals surface area contributed by atoms with Crippen LogP contribution < -0.4 is 5.32 Å². The van der Waals surface area contributed by atoms with Crippen molar-refractivity contribution in [2.45, 2.75) is 6.54 Å². The number of piperazine rings is 1. The predicted octanol–water partition coefficient (Wildman–Crippen LogP) is 2.87. The van der Waals surface area contributed by atoms with Gasteiger partial charge < -0.3 is 10.2 Å². The summed E-state index contributed by atoms with van der Waals surface area (Å²) < 4.78 is 14.8. The maximum atomic E-state index is 13.0. The summed E-state index contributed by atoms with van der Waals surface area (Å²) in [7, 11) is 0. The van der Waals surface area contributed by atoms with Crippen molar-refractivity contribution in [3.8, 4) is 0 Å². The van der Waals surface area contributed by atoms with E-state index in [0.717, 1.165) is 11.1 Å². The van der Waals surface area contributed by atoms with Gasteiger partial charge in [-0.05, 0) is 35.9 Å². The second kappa shape index (κ2) is 10.7. The van der Waals surface area contributed by atoms with Crippen LogP contribution in [-0.2, 0) is 16.1 Å². The quantitative estimate of drug-likeness (QED) is 0.566. The van der Waals surface area contributed by atoms with Crippen LogP contribution in [0.1, 0.15) is 11.1 Å². The summed E-state index contributed by atoms with van der Waals surface area (Å²) in [5.74, 6) is -0.557. The van der Waals surface area contributed by atoms with Crippen molar-refractivity contribution < 1.29 is 14.0 Å². The second-order valence-electron chi connectivity index (χ2n) is 7.95. The third-order valence-electron chi connectivity index (χ3n) is 5.44. The van der Waals surface area contributed by atoms with Gasteiger partial charge in [-0.15, -0.1) is 0 Å². The second-order valence-corrected chi connectivity index (χ2v) is 7.95. The number of carbonyl (C=O) groups excluding carboxylic acids is 2. The lowest BCUT2D eigenvalue weighted by Crippen LogP contribution is -2.50. The molecule has 7 nitrogen and oxygen atoms in total. The van der Waals surface area contributed by atoms with E-state index in [2.05, 4.69) is 10.4 Å². The van der Waals surface area contributed by atoms with E-state index in [-0.39, 0.29) is 24.2 Å². The zero-order valence-electron chi connectivity index (χ0n) is 18.2. The van der Waals surface area contributed by atoms with Gasteiger partial charge in [-0.3, -0.25) is 19.2 Å². The molecule has 0 spiro atoms. The molecule has 33 heavy (non-hydrogen) atoms. The zero-order chi connectivity index (χ0) is 23.0. The minimum Gasteiger partial charge on any atom is -0.337 e. The molecule has 1 aliphatic rings. The Morgan fingerprint density at radius 2 is 1.73 bits per heavy atom. The Labute approximate surface area is 192 Å². The number of anilines is 1. The van der Waals surface area contributed by atoms with Gasteiger partial charge in [0.1, 0.15) is 5.82 Å². The number of hydrogen-bond acceptors (Lipinski definition) is 4. The Kier molecular flexibility index (Phi) is 7.26. The molecule has 1 aromatic heterocycles. The molecule has 2 amide bonds. The Bertz CT molecular complexity index is 1100. The molecule has 0 radical (unpaired) electrons. The minimum absolute atomic E-state index is 0.0544. The highest BCUT2D eigenvalue weighted by Crippen LogP contribution is 2.10. The van der Waals surface area contributed by atoms with Crippen molar-refractivity contribution in [3.05, 3.63) is 90.0 Å². The Hall–Kier alpha value is -3.78. The molecule has 0 bridgehead atoms. The first-order valence-corrected chi connectivity index (χ1v) is 10.9. The van der Waals surface area contributed by atoms with E-state index in [1.807, 2.05) is 46.1 Å². The fourth-order valence-corrected chi connectivity index (χ4v) is 3.66. The van der Waals surface area contributed by atoms with Gasteiger partial charge in [-0.1, -0.05) is 30.3 Å². The van der Waals surface area contributed by atoms with Gasteiger partial charge in [0.15, 0.2) is 0 Å². The molecule has 8 heteroatoms. The number of carbonyl (C=O) groups is 2. The van der Waals surface area contributed by atoms with Gasteiger partial charge in [0, 0.05) is 49.7 Å². The molecular weight excluding hydrogens is 421 g/mol. The van der Waals surface area contributed by atoms with Crippen LogP contribution in [0, 0.1) is 5.82 Å². The third kappa shape index (κ3) is 6.60. The van der Waals surface area contributed by atoms with Crippen LogP contribution in [0.4, 0.5) is 10.1 Å². The SMILES string of the molecule is O=C(CN1CCN(C(=O)C=Cc2cnn(Cc3ccccc3)c2)CC1)Nc1ccc(F)cc1. The van der Waals surface area contributed by atoms with Crippen molar-refractivity contribution in [1.29, 1.82) is 0 Å². The van der Waals surface area contributed by atoms with E-state index in [1.54, 1.807) is 23.2 Å². The number of hydrogen-bond donors (Lipinski definition) is 1. The summed E-state index contributed by atoms with van der Waals surface area (Å²) in [4.78, 5) is 28.5. The summed E-state index contributed by atoms with van der Waals surface area (Å²) >= 11 is 0. The van der Waals surface area contributed by atoms with Gasteiger partial charge >= 0.3 is 0 Å². The monoisotopic (exact) mass is 447 g/mol. The topological polar surface area (TPSA) is 70.5 Å². The van der Waals surface area contributed by atoms with E-state index in [1.165, 1.54) is 24.3 Å². The Morgan fingerprint density at radius 1 is 1.00 bits per heavy atom. The van der Waals surface area contributed by atoms with Crippen LogP contribution >= 0.6 is 0 Å². The minimum atomic E-state index is -0.344. The van der Waals surface area contributed by atoms with Gasteiger partial charge in [0.2, 0.25) is 11.8 Å². The van der Waals surface area contributed by atoms with Crippen molar-refractivity contribution in [2.24, 2.45) is 0 Å². The van der Waals surface area contributed by atoms with Gasteiger partial charge in [-0.2, -0.15) is 5.10 Å². The van der Waals surface area contributed by atoms with E-state index in [9.17, 15) is 14.0 Å². The highest BCUT2D eigenvalue weighted by molar-refractivity contribution is 5.93. The summed E-state index contributed by atoms with van der Waals surface area (Å²) in [5, 5.41) is 7.11. The van der Waals surface area contributed by atoms with Gasteiger partial charge in [0.05, 0.1) is 19.3 Å². The molecule has 1 aliphatic heterocycles. The summed E-state index contributed by atoms with van der Waals surface area (Å²) in [6.45, 7) is 3.26. The lowest BCUT2D eigenvalue weighted by atomic mass is 10.2. The molecule has 2 heterocycles.